The molecule has 0 saturated carbocycles. The third-order valence-electron chi connectivity index (χ3n) is 6.12. The van der Waals surface area contributed by atoms with E-state index in [4.69, 9.17) is 14.7 Å². The average Bonchev–Trinajstić information content (AvgIpc) is 2.79. The molecular formula is C25H37N5O2. The van der Waals surface area contributed by atoms with Crippen molar-refractivity contribution < 1.29 is 9.53 Å². The molecule has 0 spiro atoms. The van der Waals surface area contributed by atoms with Crippen molar-refractivity contribution in [2.75, 3.05) is 52.3 Å². The van der Waals surface area contributed by atoms with Crippen molar-refractivity contribution >= 4 is 11.8 Å². The van der Waals surface area contributed by atoms with Crippen molar-refractivity contribution in [1.29, 1.82) is 0 Å². The first-order chi connectivity index (χ1) is 15.3. The Balaban J connectivity index is 1.99. The molecule has 7 heteroatoms. The summed E-state index contributed by atoms with van der Waals surface area (Å²) in [5, 5.41) is 0. The first-order valence-electron chi connectivity index (χ1n) is 11.5. The van der Waals surface area contributed by atoms with Crippen LogP contribution in [0.4, 0.5) is 10.6 Å². The Morgan fingerprint density at radius 2 is 1.91 bits per heavy atom. The molecule has 1 atom stereocenters. The van der Waals surface area contributed by atoms with Crippen molar-refractivity contribution in [3.05, 3.63) is 52.5 Å². The highest BCUT2D eigenvalue weighted by Gasteiger charge is 2.27. The van der Waals surface area contributed by atoms with Gasteiger partial charge in [-0.05, 0) is 18.9 Å². The number of aryl methyl sites for hydroxylation is 1. The van der Waals surface area contributed by atoms with Crippen LogP contribution in [0.2, 0.25) is 0 Å². The molecule has 1 aliphatic rings. The Kier molecular flexibility index (Phi) is 8.07. The van der Waals surface area contributed by atoms with Crippen LogP contribution in [0.15, 0.2) is 24.3 Å². The van der Waals surface area contributed by atoms with E-state index in [1.807, 2.05) is 4.90 Å². The molecule has 1 saturated heterocycles. The quantitative estimate of drug-likeness (QED) is 0.656. The summed E-state index contributed by atoms with van der Waals surface area (Å²) in [6.07, 6.45) is 1.74. The molecule has 0 N–H and O–H groups in total. The van der Waals surface area contributed by atoms with E-state index in [2.05, 4.69) is 49.9 Å². The van der Waals surface area contributed by atoms with E-state index in [9.17, 15) is 4.79 Å². The Hall–Kier alpha value is -2.67. The number of piperazine rings is 1. The van der Waals surface area contributed by atoms with Crippen LogP contribution in [0.25, 0.3) is 0 Å². The van der Waals surface area contributed by atoms with Crippen molar-refractivity contribution in [2.24, 2.45) is 0 Å². The maximum Gasteiger partial charge on any atom is 0.319 e. The maximum absolute atomic E-state index is 12.4. The number of hydrogen-bond acceptors (Lipinski definition) is 5. The number of urea groups is 1. The lowest BCUT2D eigenvalue weighted by Gasteiger charge is -2.37. The van der Waals surface area contributed by atoms with Gasteiger partial charge in [-0.2, -0.15) is 0 Å². The summed E-state index contributed by atoms with van der Waals surface area (Å²) < 4.78 is 5.55. The lowest BCUT2D eigenvalue weighted by molar-refractivity contribution is 0.167. The van der Waals surface area contributed by atoms with Gasteiger partial charge >= 0.3 is 6.03 Å². The molecule has 2 heterocycles. The smallest absolute Gasteiger partial charge is 0.319 e. The zero-order valence-corrected chi connectivity index (χ0v) is 20.4. The Morgan fingerprint density at radius 1 is 1.19 bits per heavy atom. The van der Waals surface area contributed by atoms with E-state index < -0.39 is 0 Å². The largest absolute Gasteiger partial charge is 0.378 e. The normalized spacial score (nSPS) is 15.1. The summed E-state index contributed by atoms with van der Waals surface area (Å²) >= 11 is 0. The molecule has 174 valence electrons. The van der Waals surface area contributed by atoms with Crippen LogP contribution in [0.1, 0.15) is 54.4 Å². The number of ether oxygens (including phenoxy) is 1. The summed E-state index contributed by atoms with van der Waals surface area (Å²) in [4.78, 5) is 28.3. The van der Waals surface area contributed by atoms with Gasteiger partial charge in [0.1, 0.15) is 11.6 Å². The molecule has 2 amide bonds. The molecule has 32 heavy (non-hydrogen) atoms. The summed E-state index contributed by atoms with van der Waals surface area (Å²) in [5.74, 6) is 2.13. The fourth-order valence-electron chi connectivity index (χ4n) is 4.06. The molecule has 0 bridgehead atoms. The number of carbonyl (C=O) groups is 1. The van der Waals surface area contributed by atoms with Gasteiger partial charge in [0.2, 0.25) is 0 Å². The molecule has 1 aromatic heterocycles. The van der Waals surface area contributed by atoms with Gasteiger partial charge < -0.3 is 19.4 Å². The maximum atomic E-state index is 12.4. The zero-order chi connectivity index (χ0) is 23.3. The fraction of sp³-hybridized carbons (Fsp3) is 0.560. The van der Waals surface area contributed by atoms with Crippen LogP contribution in [-0.2, 0) is 17.8 Å². The van der Waals surface area contributed by atoms with Crippen molar-refractivity contribution in [2.45, 2.75) is 46.1 Å². The molecule has 7 nitrogen and oxygen atoms in total. The van der Waals surface area contributed by atoms with Gasteiger partial charge in [0.25, 0.3) is 0 Å². The van der Waals surface area contributed by atoms with Crippen LogP contribution < -0.4 is 4.90 Å². The van der Waals surface area contributed by atoms with E-state index in [-0.39, 0.29) is 11.9 Å². The van der Waals surface area contributed by atoms with E-state index in [1.165, 1.54) is 11.1 Å². The minimum Gasteiger partial charge on any atom is -0.378 e. The number of aromatic nitrogens is 2. The highest BCUT2D eigenvalue weighted by molar-refractivity contribution is 5.74. The first kappa shape index (κ1) is 24.0. The molecule has 2 aromatic rings. The molecule has 1 aliphatic heterocycles. The lowest BCUT2D eigenvalue weighted by Crippen LogP contribution is -2.52. The number of amides is 2. The molecule has 0 radical (unpaired) electrons. The molecule has 3 rings (SSSR count). The number of hydrogen-bond donors (Lipinski definition) is 0. The number of benzene rings is 1. The van der Waals surface area contributed by atoms with Gasteiger partial charge in [-0.1, -0.05) is 43.7 Å². The summed E-state index contributed by atoms with van der Waals surface area (Å²) in [5.41, 5.74) is 4.56. The second kappa shape index (κ2) is 10.8. The van der Waals surface area contributed by atoms with Gasteiger partial charge in [0.15, 0.2) is 0 Å². The Bertz CT molecular complexity index is 923. The second-order valence-corrected chi connectivity index (χ2v) is 8.89. The van der Waals surface area contributed by atoms with Gasteiger partial charge in [0.05, 0.1) is 12.3 Å². The number of rotatable bonds is 7. The topological polar surface area (TPSA) is 61.8 Å². The number of carbonyl (C=O) groups excluding carboxylic acids is 1. The minimum atomic E-state index is 0.0627. The minimum absolute atomic E-state index is 0.0627. The van der Waals surface area contributed by atoms with Gasteiger partial charge in [0, 0.05) is 65.3 Å². The van der Waals surface area contributed by atoms with E-state index in [0.29, 0.717) is 19.7 Å². The van der Waals surface area contributed by atoms with E-state index in [0.717, 1.165) is 48.8 Å². The standard InChI is InChI=1S/C25H37N5O2/c1-7-19(3)23-26-22(17-32-6)21(16-20-10-8-9-18(2)15-20)24(27-23)29-11-13-30(14-12-29)25(31)28(4)5/h8-10,15,19H,7,11-14,16-17H2,1-6H3/t19-/m0/s1. The molecule has 0 unspecified atom stereocenters. The van der Waals surface area contributed by atoms with Crippen LogP contribution in [0.3, 0.4) is 0 Å². The number of methoxy groups -OCH3 is 1. The second-order valence-electron chi connectivity index (χ2n) is 8.89. The predicted molar refractivity (Wildman–Crippen MR) is 128 cm³/mol. The average molecular weight is 440 g/mol. The number of nitrogens with zero attached hydrogens (tertiary/aromatic N) is 5. The Labute approximate surface area is 192 Å². The van der Waals surface area contributed by atoms with E-state index in [1.54, 1.807) is 26.1 Å². The van der Waals surface area contributed by atoms with Crippen LogP contribution in [0.5, 0.6) is 0 Å². The molecular weight excluding hydrogens is 402 g/mol. The zero-order valence-electron chi connectivity index (χ0n) is 20.4. The first-order valence-corrected chi connectivity index (χ1v) is 11.5. The van der Waals surface area contributed by atoms with Crippen LogP contribution >= 0.6 is 0 Å². The molecule has 1 fully saturated rings. The highest BCUT2D eigenvalue weighted by Crippen LogP contribution is 2.29. The van der Waals surface area contributed by atoms with Crippen LogP contribution in [-0.4, -0.2) is 73.2 Å². The summed E-state index contributed by atoms with van der Waals surface area (Å²) in [6.45, 7) is 9.78. The van der Waals surface area contributed by atoms with Gasteiger partial charge in [-0.25, -0.2) is 14.8 Å². The molecule has 1 aromatic carbocycles. The molecule has 0 aliphatic carbocycles. The fourth-order valence-corrected chi connectivity index (χ4v) is 4.06. The Morgan fingerprint density at radius 3 is 2.50 bits per heavy atom. The highest BCUT2D eigenvalue weighted by atomic mass is 16.5. The summed E-state index contributed by atoms with van der Waals surface area (Å²) in [7, 11) is 5.32. The van der Waals surface area contributed by atoms with Gasteiger partial charge in [-0.3, -0.25) is 0 Å². The summed E-state index contributed by atoms with van der Waals surface area (Å²) in [6, 6.07) is 8.65. The van der Waals surface area contributed by atoms with Gasteiger partial charge in [-0.15, -0.1) is 0 Å². The lowest BCUT2D eigenvalue weighted by atomic mass is 10.0. The van der Waals surface area contributed by atoms with Crippen molar-refractivity contribution in [1.82, 2.24) is 19.8 Å². The monoisotopic (exact) mass is 439 g/mol. The van der Waals surface area contributed by atoms with Crippen molar-refractivity contribution in [3.8, 4) is 0 Å². The van der Waals surface area contributed by atoms with E-state index >= 15 is 0 Å². The predicted octanol–water partition coefficient (Wildman–Crippen LogP) is 3.84. The van der Waals surface area contributed by atoms with Crippen molar-refractivity contribution in [3.63, 3.8) is 0 Å². The third-order valence-corrected chi connectivity index (χ3v) is 6.12. The van der Waals surface area contributed by atoms with Crippen LogP contribution in [0, 0.1) is 6.92 Å². The third kappa shape index (κ3) is 5.57. The number of anilines is 1. The SMILES string of the molecule is CC[C@H](C)c1nc(COC)c(Cc2cccc(C)c2)c(N2CCN(C(=O)N(C)C)CC2)n1.